The molecule has 4 atom stereocenters. The lowest BCUT2D eigenvalue weighted by Crippen LogP contribution is -2.44. The van der Waals surface area contributed by atoms with Gasteiger partial charge < -0.3 is 5.32 Å². The van der Waals surface area contributed by atoms with Crippen LogP contribution < -0.4 is 5.32 Å². The predicted molar refractivity (Wildman–Crippen MR) is 88.9 cm³/mol. The molecule has 3 heteroatoms. The lowest BCUT2D eigenvalue weighted by Gasteiger charge is -2.30. The maximum atomic E-state index is 12.8. The molecule has 0 heterocycles. The van der Waals surface area contributed by atoms with E-state index in [0.29, 0.717) is 12.0 Å². The van der Waals surface area contributed by atoms with E-state index in [2.05, 4.69) is 12.2 Å². The largest absolute Gasteiger partial charge is 0.353 e. The standard InChI is InChI=1S/C19H24ClNO/c1-12(17-11-13-2-3-14(17)10-13)21-18(22)19(8-9-19)15-4-6-16(20)7-5-15/h4-7,12-14,17H,2-3,8-11H2,1H3,(H,21,22). The number of nitrogens with one attached hydrogen (secondary N) is 1. The van der Waals surface area contributed by atoms with E-state index in [1.54, 1.807) is 0 Å². The van der Waals surface area contributed by atoms with Gasteiger partial charge in [0, 0.05) is 11.1 Å². The fourth-order valence-electron chi connectivity index (χ4n) is 4.90. The first-order chi connectivity index (χ1) is 10.6. The second kappa shape index (κ2) is 5.26. The summed E-state index contributed by atoms with van der Waals surface area (Å²) in [6.45, 7) is 2.21. The van der Waals surface area contributed by atoms with Crippen molar-refractivity contribution in [2.75, 3.05) is 0 Å². The van der Waals surface area contributed by atoms with E-state index in [-0.39, 0.29) is 11.3 Å². The van der Waals surface area contributed by atoms with Gasteiger partial charge in [0.25, 0.3) is 0 Å². The molecule has 1 amide bonds. The van der Waals surface area contributed by atoms with Gasteiger partial charge in [0.05, 0.1) is 5.41 Å². The molecule has 3 saturated carbocycles. The van der Waals surface area contributed by atoms with Crippen molar-refractivity contribution in [1.82, 2.24) is 5.32 Å². The van der Waals surface area contributed by atoms with Gasteiger partial charge in [-0.05, 0) is 74.5 Å². The van der Waals surface area contributed by atoms with Crippen LogP contribution in [0.1, 0.15) is 51.0 Å². The van der Waals surface area contributed by atoms with Crippen LogP contribution in [0.15, 0.2) is 24.3 Å². The number of fused-ring (bicyclic) bond motifs is 2. The highest BCUT2D eigenvalue weighted by molar-refractivity contribution is 6.30. The third kappa shape index (κ3) is 2.36. The van der Waals surface area contributed by atoms with Gasteiger partial charge in [-0.1, -0.05) is 30.2 Å². The van der Waals surface area contributed by atoms with Crippen molar-refractivity contribution in [2.45, 2.75) is 56.9 Å². The molecule has 0 aromatic heterocycles. The van der Waals surface area contributed by atoms with Crippen LogP contribution in [-0.2, 0) is 10.2 Å². The van der Waals surface area contributed by atoms with Crippen molar-refractivity contribution in [3.8, 4) is 0 Å². The van der Waals surface area contributed by atoms with Crippen molar-refractivity contribution in [3.63, 3.8) is 0 Å². The third-order valence-corrected chi connectivity index (χ3v) is 6.63. The molecule has 0 spiro atoms. The van der Waals surface area contributed by atoms with Crippen LogP contribution in [0.3, 0.4) is 0 Å². The Hall–Kier alpha value is -1.02. The van der Waals surface area contributed by atoms with Crippen molar-refractivity contribution in [1.29, 1.82) is 0 Å². The molecule has 1 aromatic carbocycles. The zero-order valence-corrected chi connectivity index (χ0v) is 13.9. The molecule has 3 aliphatic carbocycles. The molecule has 4 rings (SSSR count). The highest BCUT2D eigenvalue weighted by Gasteiger charge is 2.52. The molecule has 2 bridgehead atoms. The fraction of sp³-hybridized carbons (Fsp3) is 0.632. The average molecular weight is 318 g/mol. The molecule has 0 aliphatic heterocycles. The predicted octanol–water partition coefficient (Wildman–Crippen LogP) is 4.31. The number of amides is 1. The van der Waals surface area contributed by atoms with Gasteiger partial charge in [0.2, 0.25) is 5.91 Å². The van der Waals surface area contributed by atoms with Gasteiger partial charge in [-0.2, -0.15) is 0 Å². The molecule has 0 saturated heterocycles. The van der Waals surface area contributed by atoms with Crippen LogP contribution in [0.5, 0.6) is 0 Å². The number of carbonyl (C=O) groups excluding carboxylic acids is 1. The molecule has 1 aromatic rings. The highest BCUT2D eigenvalue weighted by atomic mass is 35.5. The lowest BCUT2D eigenvalue weighted by atomic mass is 9.83. The van der Waals surface area contributed by atoms with E-state index in [9.17, 15) is 4.79 Å². The first-order valence-corrected chi connectivity index (χ1v) is 9.03. The Kier molecular flexibility index (Phi) is 3.48. The minimum absolute atomic E-state index is 0.227. The Morgan fingerprint density at radius 3 is 2.50 bits per heavy atom. The van der Waals surface area contributed by atoms with Crippen LogP contribution >= 0.6 is 11.6 Å². The van der Waals surface area contributed by atoms with Gasteiger partial charge in [-0.15, -0.1) is 0 Å². The summed E-state index contributed by atoms with van der Waals surface area (Å²) in [6, 6.07) is 8.12. The number of rotatable bonds is 4. The SMILES string of the molecule is CC(NC(=O)C1(c2ccc(Cl)cc2)CC1)C1CC2CCC1C2. The van der Waals surface area contributed by atoms with E-state index < -0.39 is 0 Å². The van der Waals surface area contributed by atoms with E-state index in [0.717, 1.165) is 35.3 Å². The van der Waals surface area contributed by atoms with Gasteiger partial charge in [-0.25, -0.2) is 0 Å². The normalized spacial score (nSPS) is 32.7. The number of benzene rings is 1. The first-order valence-electron chi connectivity index (χ1n) is 8.65. The topological polar surface area (TPSA) is 29.1 Å². The van der Waals surface area contributed by atoms with E-state index in [4.69, 9.17) is 11.6 Å². The third-order valence-electron chi connectivity index (χ3n) is 6.38. The highest BCUT2D eigenvalue weighted by Crippen LogP contribution is 2.51. The van der Waals surface area contributed by atoms with Crippen LogP contribution in [-0.4, -0.2) is 11.9 Å². The molecular weight excluding hydrogens is 294 g/mol. The van der Waals surface area contributed by atoms with Gasteiger partial charge in [0.1, 0.15) is 0 Å². The molecule has 1 N–H and O–H groups in total. The molecule has 118 valence electrons. The van der Waals surface area contributed by atoms with E-state index in [1.807, 2.05) is 24.3 Å². The Morgan fingerprint density at radius 1 is 1.23 bits per heavy atom. The molecule has 22 heavy (non-hydrogen) atoms. The molecule has 3 aliphatic rings. The lowest BCUT2D eigenvalue weighted by molar-refractivity contribution is -0.124. The van der Waals surface area contributed by atoms with Crippen LogP contribution in [0.2, 0.25) is 5.02 Å². The Morgan fingerprint density at radius 2 is 1.95 bits per heavy atom. The second-order valence-corrected chi connectivity index (χ2v) is 8.13. The zero-order chi connectivity index (χ0) is 15.3. The summed E-state index contributed by atoms with van der Waals surface area (Å²) in [4.78, 5) is 12.8. The molecule has 0 radical (unpaired) electrons. The monoisotopic (exact) mass is 317 g/mol. The first kappa shape index (κ1) is 14.6. The van der Waals surface area contributed by atoms with Crippen molar-refractivity contribution < 1.29 is 4.79 Å². The number of hydrogen-bond acceptors (Lipinski definition) is 1. The summed E-state index contributed by atoms with van der Waals surface area (Å²) in [5.41, 5.74) is 0.839. The molecule has 2 nitrogen and oxygen atoms in total. The number of hydrogen-bond donors (Lipinski definition) is 1. The van der Waals surface area contributed by atoms with Crippen molar-refractivity contribution >= 4 is 17.5 Å². The molecular formula is C19H24ClNO. The molecule has 3 fully saturated rings. The maximum Gasteiger partial charge on any atom is 0.230 e. The van der Waals surface area contributed by atoms with Crippen LogP contribution in [0, 0.1) is 17.8 Å². The average Bonchev–Trinajstić information content (AvgIpc) is 3.05. The summed E-state index contributed by atoms with van der Waals surface area (Å²) in [5.74, 6) is 2.71. The summed E-state index contributed by atoms with van der Waals surface area (Å²) < 4.78 is 0. The van der Waals surface area contributed by atoms with Crippen LogP contribution in [0.25, 0.3) is 0 Å². The summed E-state index contributed by atoms with van der Waals surface area (Å²) >= 11 is 5.97. The van der Waals surface area contributed by atoms with Gasteiger partial charge in [-0.3, -0.25) is 4.79 Å². The smallest absolute Gasteiger partial charge is 0.230 e. The Bertz CT molecular complexity index is 578. The summed E-state index contributed by atoms with van der Waals surface area (Å²) in [5, 5.41) is 4.08. The second-order valence-electron chi connectivity index (χ2n) is 7.69. The summed E-state index contributed by atoms with van der Waals surface area (Å²) in [6.07, 6.45) is 7.43. The minimum Gasteiger partial charge on any atom is -0.353 e. The summed E-state index contributed by atoms with van der Waals surface area (Å²) in [7, 11) is 0. The van der Waals surface area contributed by atoms with Crippen molar-refractivity contribution in [2.24, 2.45) is 17.8 Å². The van der Waals surface area contributed by atoms with Gasteiger partial charge >= 0.3 is 0 Å². The zero-order valence-electron chi connectivity index (χ0n) is 13.1. The molecule has 4 unspecified atom stereocenters. The minimum atomic E-state index is -0.281. The quantitative estimate of drug-likeness (QED) is 0.880. The van der Waals surface area contributed by atoms with E-state index in [1.165, 1.54) is 25.7 Å². The Balaban J connectivity index is 1.44. The maximum absolute atomic E-state index is 12.8. The van der Waals surface area contributed by atoms with Gasteiger partial charge in [0.15, 0.2) is 0 Å². The van der Waals surface area contributed by atoms with Crippen LogP contribution in [0.4, 0.5) is 0 Å². The number of carbonyl (C=O) groups is 1. The Labute approximate surface area is 137 Å². The fourth-order valence-corrected chi connectivity index (χ4v) is 5.03. The van der Waals surface area contributed by atoms with E-state index >= 15 is 0 Å². The van der Waals surface area contributed by atoms with Crippen molar-refractivity contribution in [3.05, 3.63) is 34.9 Å². The number of halogens is 1.